The van der Waals surface area contributed by atoms with E-state index in [9.17, 15) is 13.2 Å². The van der Waals surface area contributed by atoms with E-state index in [4.69, 9.17) is 5.14 Å². The molecule has 0 radical (unpaired) electrons. The molecule has 102 valence electrons. The van der Waals surface area contributed by atoms with Gasteiger partial charge in [0.15, 0.2) is 0 Å². The van der Waals surface area contributed by atoms with Crippen LogP contribution < -0.4 is 5.14 Å². The minimum absolute atomic E-state index is 0.107. The fourth-order valence-electron chi connectivity index (χ4n) is 3.82. The van der Waals surface area contributed by atoms with Crippen molar-refractivity contribution in [2.24, 2.45) is 16.5 Å². The lowest BCUT2D eigenvalue weighted by Crippen LogP contribution is -2.11. The highest BCUT2D eigenvalue weighted by Crippen LogP contribution is 2.71. The van der Waals surface area contributed by atoms with E-state index in [1.807, 2.05) is 0 Å². The van der Waals surface area contributed by atoms with E-state index in [1.165, 1.54) is 25.0 Å². The molecule has 0 amide bonds. The molecular formula is C14H17NO3S. The van der Waals surface area contributed by atoms with Gasteiger partial charge in [-0.1, -0.05) is 25.0 Å². The van der Waals surface area contributed by atoms with Gasteiger partial charge in [0.25, 0.3) is 0 Å². The molecule has 1 spiro atoms. The first kappa shape index (κ1) is 12.8. The molecule has 0 aromatic heterocycles. The van der Waals surface area contributed by atoms with Gasteiger partial charge in [0, 0.05) is 11.8 Å². The molecule has 2 aliphatic rings. The third-order valence-corrected chi connectivity index (χ3v) is 5.71. The van der Waals surface area contributed by atoms with E-state index in [2.05, 4.69) is 0 Å². The van der Waals surface area contributed by atoms with E-state index < -0.39 is 10.0 Å². The maximum atomic E-state index is 11.2. The summed E-state index contributed by atoms with van der Waals surface area (Å²) in [6.45, 7) is 0. The number of carbonyl (C=O) groups is 1. The molecule has 4 nitrogen and oxygen atoms in total. The second-order valence-electron chi connectivity index (χ2n) is 5.69. The largest absolute Gasteiger partial charge is 0.303 e. The van der Waals surface area contributed by atoms with Crippen LogP contribution in [0, 0.1) is 11.3 Å². The van der Waals surface area contributed by atoms with E-state index in [1.54, 1.807) is 12.1 Å². The number of hydrogen-bond donors (Lipinski definition) is 1. The van der Waals surface area contributed by atoms with Crippen LogP contribution in [0.1, 0.15) is 37.2 Å². The maximum absolute atomic E-state index is 11.2. The first-order chi connectivity index (χ1) is 8.99. The molecule has 0 aliphatic heterocycles. The summed E-state index contributed by atoms with van der Waals surface area (Å²) in [5.74, 6) is 0.373. The van der Waals surface area contributed by atoms with Crippen LogP contribution in [0.15, 0.2) is 29.2 Å². The van der Waals surface area contributed by atoms with E-state index in [0.29, 0.717) is 0 Å². The Balaban J connectivity index is 1.90. The van der Waals surface area contributed by atoms with Crippen molar-refractivity contribution in [2.45, 2.75) is 36.5 Å². The Morgan fingerprint density at radius 1 is 1.16 bits per heavy atom. The first-order valence-corrected chi connectivity index (χ1v) is 8.12. The van der Waals surface area contributed by atoms with Gasteiger partial charge in [0.2, 0.25) is 10.0 Å². The monoisotopic (exact) mass is 279 g/mol. The highest BCUT2D eigenvalue weighted by molar-refractivity contribution is 7.89. The van der Waals surface area contributed by atoms with E-state index in [-0.39, 0.29) is 22.1 Å². The minimum Gasteiger partial charge on any atom is -0.303 e. The lowest BCUT2D eigenvalue weighted by molar-refractivity contribution is -0.109. The van der Waals surface area contributed by atoms with Gasteiger partial charge in [-0.3, -0.25) is 0 Å². The van der Waals surface area contributed by atoms with Crippen LogP contribution in [0.3, 0.4) is 0 Å². The van der Waals surface area contributed by atoms with Crippen LogP contribution >= 0.6 is 0 Å². The highest BCUT2D eigenvalue weighted by atomic mass is 32.2. The lowest BCUT2D eigenvalue weighted by atomic mass is 9.97. The summed E-state index contributed by atoms with van der Waals surface area (Å²) in [7, 11) is -3.64. The molecule has 2 N–H and O–H groups in total. The van der Waals surface area contributed by atoms with Crippen LogP contribution in [-0.2, 0) is 14.8 Å². The summed E-state index contributed by atoms with van der Waals surface area (Å²) in [6.07, 6.45) is 5.67. The average Bonchev–Trinajstić information content (AvgIpc) is 2.72. The topological polar surface area (TPSA) is 77.2 Å². The van der Waals surface area contributed by atoms with E-state index >= 15 is 0 Å². The molecule has 5 heteroatoms. The molecule has 0 saturated heterocycles. The highest BCUT2D eigenvalue weighted by Gasteiger charge is 2.65. The molecule has 2 aliphatic carbocycles. The van der Waals surface area contributed by atoms with Crippen LogP contribution in [-0.4, -0.2) is 14.7 Å². The van der Waals surface area contributed by atoms with E-state index in [0.717, 1.165) is 24.7 Å². The van der Waals surface area contributed by atoms with Gasteiger partial charge < -0.3 is 4.79 Å². The number of primary sulfonamides is 1. The smallest absolute Gasteiger partial charge is 0.238 e. The Morgan fingerprint density at radius 3 is 2.21 bits per heavy atom. The third kappa shape index (κ3) is 1.92. The Hall–Kier alpha value is -1.20. The Morgan fingerprint density at radius 2 is 1.74 bits per heavy atom. The van der Waals surface area contributed by atoms with Gasteiger partial charge in [0.1, 0.15) is 6.29 Å². The summed E-state index contributed by atoms with van der Waals surface area (Å²) in [4.78, 5) is 11.3. The Labute approximate surface area is 113 Å². The number of benzene rings is 1. The van der Waals surface area contributed by atoms with Gasteiger partial charge in [0.05, 0.1) is 4.90 Å². The zero-order chi connectivity index (χ0) is 13.7. The predicted molar refractivity (Wildman–Crippen MR) is 71.0 cm³/mol. The second-order valence-corrected chi connectivity index (χ2v) is 7.26. The standard InChI is InChI=1S/C14H17NO3S/c15-19(17,18)11-5-3-10(4-6-11)13-12(9-16)14(13)7-1-2-8-14/h3-6,9,12-13H,1-2,7-8H2,(H2,15,17,18)/t12-,13-/m0/s1. The summed E-state index contributed by atoms with van der Waals surface area (Å²) in [5, 5.41) is 5.08. The molecular weight excluding hydrogens is 262 g/mol. The number of nitrogens with two attached hydrogens (primary N) is 1. The summed E-state index contributed by atoms with van der Waals surface area (Å²) >= 11 is 0. The molecule has 1 aromatic rings. The number of carbonyl (C=O) groups excluding carboxylic acids is 1. The molecule has 0 unspecified atom stereocenters. The van der Waals surface area contributed by atoms with Crippen molar-refractivity contribution in [3.63, 3.8) is 0 Å². The lowest BCUT2D eigenvalue weighted by Gasteiger charge is -2.08. The fraction of sp³-hybridized carbons (Fsp3) is 0.500. The SMILES string of the molecule is NS(=O)(=O)c1ccc([C@H]2[C@H](C=O)C23CCCC3)cc1. The normalized spacial score (nSPS) is 28.5. The average molecular weight is 279 g/mol. The number of hydrogen-bond acceptors (Lipinski definition) is 3. The van der Waals surface area contributed by atoms with Crippen molar-refractivity contribution in [3.05, 3.63) is 29.8 Å². The van der Waals surface area contributed by atoms with Gasteiger partial charge >= 0.3 is 0 Å². The minimum atomic E-state index is -3.64. The van der Waals surface area contributed by atoms with Gasteiger partial charge in [-0.2, -0.15) is 0 Å². The fourth-order valence-corrected chi connectivity index (χ4v) is 4.33. The molecule has 0 bridgehead atoms. The molecule has 1 aromatic carbocycles. The van der Waals surface area contributed by atoms with Crippen LogP contribution in [0.5, 0.6) is 0 Å². The second kappa shape index (κ2) is 4.15. The number of rotatable bonds is 3. The van der Waals surface area contributed by atoms with Gasteiger partial charge in [-0.25, -0.2) is 13.6 Å². The van der Waals surface area contributed by atoms with Crippen molar-refractivity contribution >= 4 is 16.3 Å². The molecule has 2 atom stereocenters. The van der Waals surface area contributed by atoms with Crippen LogP contribution in [0.25, 0.3) is 0 Å². The molecule has 2 saturated carbocycles. The van der Waals surface area contributed by atoms with Crippen LogP contribution in [0.2, 0.25) is 0 Å². The zero-order valence-electron chi connectivity index (χ0n) is 10.6. The number of sulfonamides is 1. The van der Waals surface area contributed by atoms with Crippen molar-refractivity contribution < 1.29 is 13.2 Å². The Kier molecular flexibility index (Phi) is 2.80. The first-order valence-electron chi connectivity index (χ1n) is 6.57. The summed E-state index contributed by atoms with van der Waals surface area (Å²) in [5.41, 5.74) is 1.22. The third-order valence-electron chi connectivity index (χ3n) is 4.78. The van der Waals surface area contributed by atoms with Crippen LogP contribution in [0.4, 0.5) is 0 Å². The van der Waals surface area contributed by atoms with Crippen molar-refractivity contribution in [2.75, 3.05) is 0 Å². The molecule has 3 rings (SSSR count). The molecule has 2 fully saturated rings. The summed E-state index contributed by atoms with van der Waals surface area (Å²) in [6, 6.07) is 6.67. The van der Waals surface area contributed by atoms with Crippen molar-refractivity contribution in [3.8, 4) is 0 Å². The zero-order valence-corrected chi connectivity index (χ0v) is 11.4. The Bertz CT molecular complexity index is 600. The molecule has 19 heavy (non-hydrogen) atoms. The van der Waals surface area contributed by atoms with Gasteiger partial charge in [-0.15, -0.1) is 0 Å². The number of aldehydes is 1. The quantitative estimate of drug-likeness (QED) is 0.857. The van der Waals surface area contributed by atoms with Crippen molar-refractivity contribution in [1.82, 2.24) is 0 Å². The maximum Gasteiger partial charge on any atom is 0.238 e. The summed E-state index contributed by atoms with van der Waals surface area (Å²) < 4.78 is 22.4. The predicted octanol–water partition coefficient (Wildman–Crippen LogP) is 1.81. The van der Waals surface area contributed by atoms with Gasteiger partial charge in [-0.05, 0) is 36.0 Å². The molecule has 0 heterocycles. The van der Waals surface area contributed by atoms with Crippen molar-refractivity contribution in [1.29, 1.82) is 0 Å².